The summed E-state index contributed by atoms with van der Waals surface area (Å²) in [6.45, 7) is 0. The van der Waals surface area contributed by atoms with E-state index >= 15 is 0 Å². The second-order valence-corrected chi connectivity index (χ2v) is 1.01. The van der Waals surface area contributed by atoms with Crippen LogP contribution in [0, 0.1) is 49.2 Å². The van der Waals surface area contributed by atoms with Gasteiger partial charge in [0.15, 0.2) is 0 Å². The smallest absolute Gasteiger partial charge is 0.328 e. The van der Waals surface area contributed by atoms with E-state index in [1.54, 1.807) is 0 Å². The topological polar surface area (TPSA) is 74.6 Å². The van der Waals surface area contributed by atoms with Crippen molar-refractivity contribution >= 4 is 11.9 Å². The minimum atomic E-state index is -1.26. The van der Waals surface area contributed by atoms with E-state index in [-0.39, 0.29) is 49.2 Å². The molecule has 0 rings (SSSR count). The van der Waals surface area contributed by atoms with Crippen LogP contribution in [0.4, 0.5) is 0 Å². The van der Waals surface area contributed by atoms with Gasteiger partial charge in [-0.15, -0.1) is 0 Å². The molecule has 0 atom stereocenters. The van der Waals surface area contributed by atoms with E-state index < -0.39 is 11.9 Å². The molecule has 0 aromatic carbocycles. The molecule has 0 amide bonds. The Hall–Kier alpha value is 0.0566. The third-order valence-corrected chi connectivity index (χ3v) is 0.368. The van der Waals surface area contributed by atoms with Gasteiger partial charge in [-0.1, -0.05) is 0 Å². The maximum Gasteiger partial charge on any atom is 0.328 e. The zero-order valence-electron chi connectivity index (χ0n) is 5.37. The third kappa shape index (κ3) is 15.7. The van der Waals surface area contributed by atoms with Gasteiger partial charge in [-0.2, -0.15) is 0 Å². The molecule has 0 unspecified atom stereocenters. The third-order valence-electron chi connectivity index (χ3n) is 0.368. The molecule has 0 aromatic heterocycles. The van der Waals surface area contributed by atoms with Crippen molar-refractivity contribution in [3.05, 3.63) is 19.6 Å². The van der Waals surface area contributed by atoms with Crippen molar-refractivity contribution in [2.24, 2.45) is 0 Å². The Morgan fingerprint density at radius 3 is 1.30 bits per heavy atom. The molecule has 0 saturated heterocycles. The maximum atomic E-state index is 9.55. The number of rotatable bonds is 2. The van der Waals surface area contributed by atoms with Crippen molar-refractivity contribution in [2.45, 2.75) is 0 Å². The van der Waals surface area contributed by atoms with Gasteiger partial charge in [-0.05, 0) is 0 Å². The molecular weight excluding hydrogens is 264 g/mol. The Balaban J connectivity index is -0.000000245. The summed E-state index contributed by atoms with van der Waals surface area (Å²) in [5, 5.41) is 15.6. The second-order valence-electron chi connectivity index (χ2n) is 1.01. The van der Waals surface area contributed by atoms with Gasteiger partial charge < -0.3 is 17.6 Å². The van der Waals surface area contributed by atoms with Crippen LogP contribution >= 0.6 is 0 Å². The molecule has 0 fully saturated rings. The molecule has 2 N–H and O–H groups in total. The van der Waals surface area contributed by atoms with Crippen molar-refractivity contribution < 1.29 is 61.5 Å². The Morgan fingerprint density at radius 2 is 1.20 bits per heavy atom. The number of hydrogen-bond acceptors (Lipinski definition) is 2. The number of carbonyl (C=O) groups is 2. The van der Waals surface area contributed by atoms with Gasteiger partial charge in [-0.3, -0.25) is 0 Å². The monoisotopic (exact) mass is 271 g/mol. The van der Waals surface area contributed by atoms with Gasteiger partial charge in [0.25, 0.3) is 0 Å². The van der Waals surface area contributed by atoms with E-state index in [4.69, 9.17) is 10.2 Å². The van der Waals surface area contributed by atoms with E-state index in [0.717, 1.165) is 0 Å². The van der Waals surface area contributed by atoms with Crippen LogP contribution in [0.15, 0.2) is 12.2 Å². The average Bonchev–Trinajstić information content (AvgIpc) is 1.61. The molecule has 5 heteroatoms. The molecule has 0 aliphatic carbocycles. The van der Waals surface area contributed by atoms with Gasteiger partial charge in [-0.25, -0.2) is 9.59 Å². The molecule has 0 aliphatic rings. The summed E-state index contributed by atoms with van der Waals surface area (Å²) in [5.74, 6) is -2.51. The first kappa shape index (κ1) is 16.6. The average molecular weight is 271 g/mol. The van der Waals surface area contributed by atoms with E-state index in [1.165, 1.54) is 0 Å². The van der Waals surface area contributed by atoms with Gasteiger partial charge in [0.2, 0.25) is 0 Å². The standard InChI is InChI=1S/C4H4O4.CH3.Ce/c5-3(6)1-2-4(7)8;;/h1-2H,(H,5,6)(H,7,8);1H3;/q;-1;/b2-1-;;. The minimum absolute atomic E-state index is 0. The molecule has 0 radical (unpaired) electrons. The maximum absolute atomic E-state index is 9.55. The Bertz CT molecular complexity index is 125. The molecule has 0 heterocycles. The van der Waals surface area contributed by atoms with Crippen molar-refractivity contribution in [1.29, 1.82) is 0 Å². The number of aliphatic carboxylic acids is 2. The number of carboxylic acids is 2. The number of carboxylic acid groups (broad SMARTS) is 2. The van der Waals surface area contributed by atoms with E-state index in [2.05, 4.69) is 0 Å². The molecular formula is C5H7CeO4-. The predicted octanol–water partition coefficient (Wildman–Crippen LogP) is 0.162. The Morgan fingerprint density at radius 1 is 1.00 bits per heavy atom. The van der Waals surface area contributed by atoms with Gasteiger partial charge >= 0.3 is 11.9 Å². The number of hydrogen-bond donors (Lipinski definition) is 2. The van der Waals surface area contributed by atoms with Gasteiger partial charge in [0.1, 0.15) is 0 Å². The van der Waals surface area contributed by atoms with Crippen LogP contribution in [-0.4, -0.2) is 22.2 Å². The summed E-state index contributed by atoms with van der Waals surface area (Å²) in [6.07, 6.45) is 1.12. The quantitative estimate of drug-likeness (QED) is 0.554. The molecule has 10 heavy (non-hydrogen) atoms. The fourth-order valence-corrected chi connectivity index (χ4v) is 0.143. The molecule has 56 valence electrons. The van der Waals surface area contributed by atoms with Crippen LogP contribution in [0.5, 0.6) is 0 Å². The first-order chi connectivity index (χ1) is 3.63. The summed E-state index contributed by atoms with van der Waals surface area (Å²) in [7, 11) is 0. The predicted molar refractivity (Wildman–Crippen MR) is 30.8 cm³/mol. The van der Waals surface area contributed by atoms with E-state index in [9.17, 15) is 9.59 Å². The summed E-state index contributed by atoms with van der Waals surface area (Å²) < 4.78 is 0. The summed E-state index contributed by atoms with van der Waals surface area (Å²) in [4.78, 5) is 19.1. The first-order valence-electron chi connectivity index (χ1n) is 1.77. The van der Waals surface area contributed by atoms with E-state index in [1.807, 2.05) is 0 Å². The molecule has 0 aliphatic heterocycles. The normalized spacial score (nSPS) is 7.60. The summed E-state index contributed by atoms with van der Waals surface area (Å²) >= 11 is 0. The van der Waals surface area contributed by atoms with Crippen LogP contribution in [-0.2, 0) is 9.59 Å². The Kier molecular flexibility index (Phi) is 15.0. The SMILES string of the molecule is O=C(O)/C=C\C(=O)O.[CH3-].[Ce]. The van der Waals surface area contributed by atoms with Crippen LogP contribution < -0.4 is 0 Å². The van der Waals surface area contributed by atoms with E-state index in [0.29, 0.717) is 12.2 Å². The fourth-order valence-electron chi connectivity index (χ4n) is 0.143. The summed E-state index contributed by atoms with van der Waals surface area (Å²) in [6, 6.07) is 0. The Labute approximate surface area is 92.3 Å². The van der Waals surface area contributed by atoms with Gasteiger partial charge in [0.05, 0.1) is 0 Å². The molecule has 4 nitrogen and oxygen atoms in total. The van der Waals surface area contributed by atoms with Crippen molar-refractivity contribution in [2.75, 3.05) is 0 Å². The largest absolute Gasteiger partial charge is 0.478 e. The van der Waals surface area contributed by atoms with Gasteiger partial charge in [0, 0.05) is 53.9 Å². The van der Waals surface area contributed by atoms with Crippen LogP contribution in [0.1, 0.15) is 0 Å². The minimum Gasteiger partial charge on any atom is -0.478 e. The van der Waals surface area contributed by atoms with Crippen molar-refractivity contribution in [3.8, 4) is 0 Å². The zero-order valence-corrected chi connectivity index (χ0v) is 8.51. The van der Waals surface area contributed by atoms with Crippen molar-refractivity contribution in [1.82, 2.24) is 0 Å². The van der Waals surface area contributed by atoms with Crippen LogP contribution in [0.3, 0.4) is 0 Å². The van der Waals surface area contributed by atoms with Crippen LogP contribution in [0.2, 0.25) is 0 Å². The first-order valence-corrected chi connectivity index (χ1v) is 1.77. The summed E-state index contributed by atoms with van der Waals surface area (Å²) in [5.41, 5.74) is 0. The molecule has 0 saturated carbocycles. The second kappa shape index (κ2) is 9.06. The zero-order chi connectivity index (χ0) is 6.57. The molecule has 0 aromatic rings. The molecule has 0 bridgehead atoms. The fraction of sp³-hybridized carbons (Fsp3) is 0. The molecule has 0 spiro atoms. The van der Waals surface area contributed by atoms with Crippen LogP contribution in [0.25, 0.3) is 0 Å². The van der Waals surface area contributed by atoms with Crippen molar-refractivity contribution in [3.63, 3.8) is 0 Å².